The van der Waals surface area contributed by atoms with Crippen molar-refractivity contribution in [2.75, 3.05) is 5.75 Å². The van der Waals surface area contributed by atoms with Crippen molar-refractivity contribution in [2.24, 2.45) is 5.73 Å². The molecule has 1 rings (SSSR count). The van der Waals surface area contributed by atoms with Crippen molar-refractivity contribution < 1.29 is 4.79 Å². The van der Waals surface area contributed by atoms with Crippen LogP contribution in [0.3, 0.4) is 0 Å². The number of carbonyl (C=O) groups excluding carboxylic acids is 1. The molecule has 1 amide bonds. The fourth-order valence-electron chi connectivity index (χ4n) is 1.29. The Bertz CT molecular complexity index is 429. The normalized spacial score (nSPS) is 11.6. The van der Waals surface area contributed by atoms with Gasteiger partial charge in [-0.05, 0) is 54.4 Å². The lowest BCUT2D eigenvalue weighted by atomic mass is 10.1. The first-order chi connectivity index (χ1) is 8.28. The SMILES string of the molecule is CC(C)(C)NCc1ccc(SCC(N)=O)c(Br)c1. The molecule has 0 atom stereocenters. The van der Waals surface area contributed by atoms with Crippen LogP contribution >= 0.6 is 27.7 Å². The van der Waals surface area contributed by atoms with Crippen LogP contribution in [0.5, 0.6) is 0 Å². The average Bonchev–Trinajstić information content (AvgIpc) is 2.24. The molecule has 18 heavy (non-hydrogen) atoms. The van der Waals surface area contributed by atoms with Crippen LogP contribution in [0.15, 0.2) is 27.6 Å². The predicted octanol–water partition coefficient (Wildman–Crippen LogP) is 2.91. The molecule has 0 radical (unpaired) electrons. The molecular weight excluding hydrogens is 312 g/mol. The summed E-state index contributed by atoms with van der Waals surface area (Å²) in [5.74, 6) is 0.00318. The van der Waals surface area contributed by atoms with Crippen LogP contribution in [-0.4, -0.2) is 17.2 Å². The van der Waals surface area contributed by atoms with Crippen molar-refractivity contribution in [3.8, 4) is 0 Å². The molecule has 0 bridgehead atoms. The Balaban J connectivity index is 2.64. The second kappa shape index (κ2) is 6.59. The summed E-state index contributed by atoms with van der Waals surface area (Å²) >= 11 is 4.96. The second-order valence-electron chi connectivity index (χ2n) is 5.12. The van der Waals surface area contributed by atoms with E-state index in [-0.39, 0.29) is 11.4 Å². The van der Waals surface area contributed by atoms with Crippen LogP contribution < -0.4 is 11.1 Å². The smallest absolute Gasteiger partial charge is 0.227 e. The maximum Gasteiger partial charge on any atom is 0.227 e. The lowest BCUT2D eigenvalue weighted by Crippen LogP contribution is -2.35. The third kappa shape index (κ3) is 5.89. The van der Waals surface area contributed by atoms with Gasteiger partial charge < -0.3 is 11.1 Å². The summed E-state index contributed by atoms with van der Waals surface area (Å²) < 4.78 is 1.00. The summed E-state index contributed by atoms with van der Waals surface area (Å²) in [5.41, 5.74) is 6.44. The largest absolute Gasteiger partial charge is 0.369 e. The van der Waals surface area contributed by atoms with Gasteiger partial charge >= 0.3 is 0 Å². The number of nitrogens with two attached hydrogens (primary N) is 1. The van der Waals surface area contributed by atoms with Crippen LogP contribution in [0.1, 0.15) is 26.3 Å². The van der Waals surface area contributed by atoms with E-state index in [9.17, 15) is 4.79 Å². The number of thioether (sulfide) groups is 1. The molecule has 3 N–H and O–H groups in total. The first kappa shape index (κ1) is 15.5. The maximum absolute atomic E-state index is 10.7. The van der Waals surface area contributed by atoms with Crippen molar-refractivity contribution in [1.29, 1.82) is 0 Å². The third-order valence-corrected chi connectivity index (χ3v) is 4.20. The van der Waals surface area contributed by atoms with Gasteiger partial charge in [0, 0.05) is 21.5 Å². The van der Waals surface area contributed by atoms with E-state index in [2.05, 4.69) is 54.2 Å². The first-order valence-electron chi connectivity index (χ1n) is 5.72. The van der Waals surface area contributed by atoms with Gasteiger partial charge in [0.15, 0.2) is 0 Å². The monoisotopic (exact) mass is 330 g/mol. The molecule has 1 aromatic rings. The van der Waals surface area contributed by atoms with Crippen molar-refractivity contribution in [2.45, 2.75) is 37.8 Å². The minimum atomic E-state index is -0.301. The Labute approximate surface area is 121 Å². The van der Waals surface area contributed by atoms with Crippen molar-refractivity contribution in [3.63, 3.8) is 0 Å². The van der Waals surface area contributed by atoms with Gasteiger partial charge in [-0.15, -0.1) is 11.8 Å². The molecule has 0 aliphatic carbocycles. The molecule has 0 aliphatic heterocycles. The molecule has 0 aliphatic rings. The van der Waals surface area contributed by atoms with Crippen molar-refractivity contribution in [1.82, 2.24) is 5.32 Å². The molecule has 0 fully saturated rings. The Morgan fingerprint density at radius 2 is 2.11 bits per heavy atom. The molecule has 0 heterocycles. The van der Waals surface area contributed by atoms with E-state index in [1.54, 1.807) is 0 Å². The van der Waals surface area contributed by atoms with Gasteiger partial charge in [-0.25, -0.2) is 0 Å². The zero-order chi connectivity index (χ0) is 13.8. The number of rotatable bonds is 5. The Morgan fingerprint density at radius 1 is 1.44 bits per heavy atom. The van der Waals surface area contributed by atoms with Gasteiger partial charge in [0.1, 0.15) is 0 Å². The number of nitrogens with one attached hydrogen (secondary N) is 1. The maximum atomic E-state index is 10.7. The Kier molecular flexibility index (Phi) is 5.69. The molecule has 5 heteroatoms. The molecule has 0 saturated carbocycles. The molecule has 0 unspecified atom stereocenters. The number of halogens is 1. The number of carbonyl (C=O) groups is 1. The number of hydrogen-bond donors (Lipinski definition) is 2. The number of hydrogen-bond acceptors (Lipinski definition) is 3. The van der Waals surface area contributed by atoms with E-state index in [1.807, 2.05) is 6.07 Å². The van der Waals surface area contributed by atoms with E-state index in [0.717, 1.165) is 15.9 Å². The van der Waals surface area contributed by atoms with E-state index < -0.39 is 0 Å². The molecule has 0 spiro atoms. The van der Waals surface area contributed by atoms with Gasteiger partial charge in [0.05, 0.1) is 5.75 Å². The molecule has 3 nitrogen and oxygen atoms in total. The molecule has 0 saturated heterocycles. The zero-order valence-corrected chi connectivity index (χ0v) is 13.3. The van der Waals surface area contributed by atoms with Gasteiger partial charge in [-0.1, -0.05) is 6.07 Å². The quantitative estimate of drug-likeness (QED) is 0.816. The van der Waals surface area contributed by atoms with E-state index >= 15 is 0 Å². The highest BCUT2D eigenvalue weighted by Crippen LogP contribution is 2.28. The third-order valence-electron chi connectivity index (χ3n) is 2.19. The standard InChI is InChI=1S/C13H19BrN2OS/c1-13(2,3)16-7-9-4-5-11(10(14)6-9)18-8-12(15)17/h4-6,16H,7-8H2,1-3H3,(H2,15,17). The van der Waals surface area contributed by atoms with Gasteiger partial charge in [0.25, 0.3) is 0 Å². The fourth-order valence-corrected chi connectivity index (χ4v) is 2.72. The molecule has 1 aromatic carbocycles. The van der Waals surface area contributed by atoms with Gasteiger partial charge in [0.2, 0.25) is 5.91 Å². The highest BCUT2D eigenvalue weighted by molar-refractivity contribution is 9.10. The van der Waals surface area contributed by atoms with Crippen LogP contribution in [-0.2, 0) is 11.3 Å². The molecule has 100 valence electrons. The minimum absolute atomic E-state index is 0.103. The van der Waals surface area contributed by atoms with Gasteiger partial charge in [-0.3, -0.25) is 4.79 Å². The van der Waals surface area contributed by atoms with Gasteiger partial charge in [-0.2, -0.15) is 0 Å². The summed E-state index contributed by atoms with van der Waals surface area (Å²) in [6.07, 6.45) is 0. The predicted molar refractivity (Wildman–Crippen MR) is 80.7 cm³/mol. The van der Waals surface area contributed by atoms with E-state index in [0.29, 0.717) is 5.75 Å². The van der Waals surface area contributed by atoms with Crippen LogP contribution in [0.2, 0.25) is 0 Å². The second-order valence-corrected chi connectivity index (χ2v) is 6.99. The lowest BCUT2D eigenvalue weighted by Gasteiger charge is -2.20. The number of amides is 1. The Hall–Kier alpha value is -0.520. The van der Waals surface area contributed by atoms with E-state index in [4.69, 9.17) is 5.73 Å². The summed E-state index contributed by atoms with van der Waals surface area (Å²) in [7, 11) is 0. The number of primary amides is 1. The van der Waals surface area contributed by atoms with E-state index in [1.165, 1.54) is 17.3 Å². The van der Waals surface area contributed by atoms with Crippen LogP contribution in [0.4, 0.5) is 0 Å². The summed E-state index contributed by atoms with van der Waals surface area (Å²) in [6.45, 7) is 7.24. The summed E-state index contributed by atoms with van der Waals surface area (Å²) in [6, 6.07) is 6.15. The highest BCUT2D eigenvalue weighted by Gasteiger charge is 2.09. The summed E-state index contributed by atoms with van der Waals surface area (Å²) in [4.78, 5) is 11.8. The van der Waals surface area contributed by atoms with Crippen molar-refractivity contribution >= 4 is 33.6 Å². The Morgan fingerprint density at radius 3 is 2.61 bits per heavy atom. The van der Waals surface area contributed by atoms with Crippen LogP contribution in [0.25, 0.3) is 0 Å². The topological polar surface area (TPSA) is 55.1 Å². The van der Waals surface area contributed by atoms with Crippen molar-refractivity contribution in [3.05, 3.63) is 28.2 Å². The average molecular weight is 331 g/mol. The molecular formula is C13H19BrN2OS. The fraction of sp³-hybridized carbons (Fsp3) is 0.462. The summed E-state index contributed by atoms with van der Waals surface area (Å²) in [5, 5.41) is 3.43. The number of benzene rings is 1. The highest BCUT2D eigenvalue weighted by atomic mass is 79.9. The lowest BCUT2D eigenvalue weighted by molar-refractivity contribution is -0.115. The molecule has 0 aromatic heterocycles. The zero-order valence-electron chi connectivity index (χ0n) is 10.9. The minimum Gasteiger partial charge on any atom is -0.369 e. The van der Waals surface area contributed by atoms with Crippen LogP contribution in [0, 0.1) is 0 Å². The first-order valence-corrected chi connectivity index (χ1v) is 7.50.